The molecule has 1 fully saturated rings. The van der Waals surface area contributed by atoms with Gasteiger partial charge in [0.05, 0.1) is 23.5 Å². The van der Waals surface area contributed by atoms with Crippen molar-refractivity contribution in [1.82, 2.24) is 10.2 Å². The van der Waals surface area contributed by atoms with E-state index in [1.807, 2.05) is 19.1 Å². The van der Waals surface area contributed by atoms with Gasteiger partial charge in [0.25, 0.3) is 0 Å². The molecule has 0 bridgehead atoms. The number of nitrogens with one attached hydrogen (secondary N) is 1. The lowest BCUT2D eigenvalue weighted by atomic mass is 9.98. The van der Waals surface area contributed by atoms with E-state index in [9.17, 15) is 14.4 Å². The molecule has 0 unspecified atom stereocenters. The number of hydrogen-bond acceptors (Lipinski definition) is 5. The number of carbonyl (C=O) groups is 3. The number of piperazine rings is 1. The minimum atomic E-state index is -0.853. The highest BCUT2D eigenvalue weighted by Crippen LogP contribution is 2.21. The Morgan fingerprint density at radius 3 is 2.70 bits per heavy atom. The van der Waals surface area contributed by atoms with Crippen LogP contribution in [-0.4, -0.2) is 41.1 Å². The van der Waals surface area contributed by atoms with E-state index in [1.165, 1.54) is 11.3 Å². The second-order valence-electron chi connectivity index (χ2n) is 5.34. The lowest BCUT2D eigenvalue weighted by Gasteiger charge is -2.39. The normalized spacial score (nSPS) is 18.9. The predicted octanol–water partition coefficient (Wildman–Crippen LogP) is 1.23. The van der Waals surface area contributed by atoms with Crippen LogP contribution in [0.3, 0.4) is 0 Å². The Morgan fingerprint density at radius 2 is 2.10 bits per heavy atom. The second kappa shape index (κ2) is 5.46. The third-order valence-electron chi connectivity index (χ3n) is 3.55. The lowest BCUT2D eigenvalue weighted by Crippen LogP contribution is -2.64. The van der Waals surface area contributed by atoms with Crippen molar-refractivity contribution < 1.29 is 14.4 Å². The maximum Gasteiger partial charge on any atom is 0.246 e. The molecule has 1 aliphatic heterocycles. The van der Waals surface area contributed by atoms with Gasteiger partial charge < -0.3 is 0 Å². The molecular formula is C14H18N2O3S. The number of nitrogens with zero attached hydrogens (tertiary/aromatic N) is 1. The van der Waals surface area contributed by atoms with Gasteiger partial charge in [-0.1, -0.05) is 6.92 Å². The van der Waals surface area contributed by atoms with Crippen molar-refractivity contribution in [3.63, 3.8) is 0 Å². The molecule has 0 aromatic carbocycles. The summed E-state index contributed by atoms with van der Waals surface area (Å²) in [7, 11) is 0. The van der Waals surface area contributed by atoms with E-state index < -0.39 is 5.54 Å². The number of thiophene rings is 1. The van der Waals surface area contributed by atoms with Gasteiger partial charge in [-0.2, -0.15) is 0 Å². The van der Waals surface area contributed by atoms with Crippen molar-refractivity contribution in [1.29, 1.82) is 0 Å². The molecule has 2 rings (SSSR count). The molecule has 5 nitrogen and oxygen atoms in total. The lowest BCUT2D eigenvalue weighted by molar-refractivity contribution is -0.144. The Bertz CT molecular complexity index is 563. The van der Waals surface area contributed by atoms with E-state index in [-0.39, 0.29) is 30.7 Å². The standard InChI is InChI=1S/C14H18N2O3S/c1-4-9-5-6-11(20-9)10(17)7-16-8-12(18)15-13(19)14(16,2)3/h5-6H,4,7-8H2,1-3H3,(H,15,18,19). The van der Waals surface area contributed by atoms with E-state index in [0.717, 1.165) is 11.3 Å². The van der Waals surface area contributed by atoms with Crippen LogP contribution in [0, 0.1) is 0 Å². The van der Waals surface area contributed by atoms with Gasteiger partial charge in [-0.3, -0.25) is 24.6 Å². The molecule has 1 aliphatic rings. The van der Waals surface area contributed by atoms with Gasteiger partial charge in [0.2, 0.25) is 11.8 Å². The molecule has 2 heterocycles. The maximum absolute atomic E-state index is 12.3. The largest absolute Gasteiger partial charge is 0.294 e. The molecule has 1 saturated heterocycles. The van der Waals surface area contributed by atoms with Crippen LogP contribution in [0.1, 0.15) is 35.3 Å². The van der Waals surface area contributed by atoms with Crippen LogP contribution in [0.25, 0.3) is 0 Å². The van der Waals surface area contributed by atoms with Crippen LogP contribution >= 0.6 is 11.3 Å². The molecule has 2 amide bonds. The Hall–Kier alpha value is -1.53. The van der Waals surface area contributed by atoms with Crippen LogP contribution in [0.5, 0.6) is 0 Å². The van der Waals surface area contributed by atoms with Crippen molar-refractivity contribution in [3.8, 4) is 0 Å². The molecule has 1 aromatic heterocycles. The van der Waals surface area contributed by atoms with E-state index >= 15 is 0 Å². The van der Waals surface area contributed by atoms with Crippen LogP contribution in [-0.2, 0) is 16.0 Å². The minimum absolute atomic E-state index is 0.0507. The first-order valence-corrected chi connectivity index (χ1v) is 7.37. The Labute approximate surface area is 122 Å². The average molecular weight is 294 g/mol. The smallest absolute Gasteiger partial charge is 0.246 e. The molecule has 108 valence electrons. The van der Waals surface area contributed by atoms with Crippen molar-refractivity contribution in [3.05, 3.63) is 21.9 Å². The van der Waals surface area contributed by atoms with Crippen LogP contribution in [0.15, 0.2) is 12.1 Å². The Balaban J connectivity index is 2.13. The van der Waals surface area contributed by atoms with Crippen LogP contribution in [0.4, 0.5) is 0 Å². The molecule has 20 heavy (non-hydrogen) atoms. The highest BCUT2D eigenvalue weighted by molar-refractivity contribution is 7.14. The summed E-state index contributed by atoms with van der Waals surface area (Å²) >= 11 is 1.47. The summed E-state index contributed by atoms with van der Waals surface area (Å²) in [5.41, 5.74) is -0.853. The highest BCUT2D eigenvalue weighted by atomic mass is 32.1. The fourth-order valence-electron chi connectivity index (χ4n) is 2.06. The van der Waals surface area contributed by atoms with Crippen molar-refractivity contribution in [2.24, 2.45) is 0 Å². The molecule has 1 N–H and O–H groups in total. The number of amides is 2. The van der Waals surface area contributed by atoms with E-state index in [2.05, 4.69) is 5.32 Å². The van der Waals surface area contributed by atoms with Gasteiger partial charge in [-0.05, 0) is 32.4 Å². The topological polar surface area (TPSA) is 66.5 Å². The number of hydrogen-bond donors (Lipinski definition) is 1. The second-order valence-corrected chi connectivity index (χ2v) is 6.50. The molecule has 0 atom stereocenters. The number of carbonyl (C=O) groups excluding carboxylic acids is 3. The first kappa shape index (κ1) is 14.9. The SMILES string of the molecule is CCc1ccc(C(=O)CN2CC(=O)NC(=O)C2(C)C)s1. The van der Waals surface area contributed by atoms with Gasteiger partial charge in [0.1, 0.15) is 0 Å². The van der Waals surface area contributed by atoms with Crippen molar-refractivity contribution in [2.75, 3.05) is 13.1 Å². The summed E-state index contributed by atoms with van der Waals surface area (Å²) in [5, 5.41) is 2.30. The van der Waals surface area contributed by atoms with E-state index in [1.54, 1.807) is 18.7 Å². The maximum atomic E-state index is 12.3. The van der Waals surface area contributed by atoms with Gasteiger partial charge in [0.15, 0.2) is 5.78 Å². The summed E-state index contributed by atoms with van der Waals surface area (Å²) < 4.78 is 0. The average Bonchev–Trinajstić information content (AvgIpc) is 2.84. The Morgan fingerprint density at radius 1 is 1.40 bits per heavy atom. The van der Waals surface area contributed by atoms with Gasteiger partial charge in [-0.25, -0.2) is 0 Å². The molecular weight excluding hydrogens is 276 g/mol. The van der Waals surface area contributed by atoms with E-state index in [0.29, 0.717) is 4.88 Å². The summed E-state index contributed by atoms with van der Waals surface area (Å²) in [6.45, 7) is 5.62. The van der Waals surface area contributed by atoms with Gasteiger partial charge >= 0.3 is 0 Å². The van der Waals surface area contributed by atoms with Crippen LogP contribution in [0.2, 0.25) is 0 Å². The first-order chi connectivity index (χ1) is 9.34. The molecule has 0 spiro atoms. The molecule has 0 radical (unpaired) electrons. The summed E-state index contributed by atoms with van der Waals surface area (Å²) in [6.07, 6.45) is 0.897. The Kier molecular flexibility index (Phi) is 4.06. The number of imide groups is 1. The zero-order chi connectivity index (χ0) is 14.9. The molecule has 1 aromatic rings. The van der Waals surface area contributed by atoms with E-state index in [4.69, 9.17) is 0 Å². The van der Waals surface area contributed by atoms with Crippen molar-refractivity contribution >= 4 is 28.9 Å². The zero-order valence-corrected chi connectivity index (χ0v) is 12.7. The third-order valence-corrected chi connectivity index (χ3v) is 4.82. The third kappa shape index (κ3) is 2.81. The summed E-state index contributed by atoms with van der Waals surface area (Å²) in [4.78, 5) is 39.0. The van der Waals surface area contributed by atoms with Gasteiger partial charge in [0, 0.05) is 4.88 Å². The molecule has 0 saturated carbocycles. The van der Waals surface area contributed by atoms with Crippen molar-refractivity contribution in [2.45, 2.75) is 32.7 Å². The predicted molar refractivity (Wildman–Crippen MR) is 76.8 cm³/mol. The summed E-state index contributed by atoms with van der Waals surface area (Å²) in [5.74, 6) is -0.769. The number of rotatable bonds is 4. The van der Waals surface area contributed by atoms with Gasteiger partial charge in [-0.15, -0.1) is 11.3 Å². The number of aryl methyl sites for hydroxylation is 1. The number of Topliss-reactive ketones (excluding diaryl/α,β-unsaturated/α-hetero) is 1. The fourth-order valence-corrected chi connectivity index (χ4v) is 2.93. The molecule has 6 heteroatoms. The highest BCUT2D eigenvalue weighted by Gasteiger charge is 2.41. The quantitative estimate of drug-likeness (QED) is 0.670. The van der Waals surface area contributed by atoms with Crippen LogP contribution < -0.4 is 5.32 Å². The monoisotopic (exact) mass is 294 g/mol. The zero-order valence-electron chi connectivity index (χ0n) is 11.9. The first-order valence-electron chi connectivity index (χ1n) is 6.56. The molecule has 0 aliphatic carbocycles. The minimum Gasteiger partial charge on any atom is -0.294 e. The number of ketones is 1. The summed E-state index contributed by atoms with van der Waals surface area (Å²) in [6, 6.07) is 3.75. The fraction of sp³-hybridized carbons (Fsp3) is 0.500.